The van der Waals surface area contributed by atoms with Gasteiger partial charge in [-0.3, -0.25) is 0 Å². The average molecular weight is 231 g/mol. The van der Waals surface area contributed by atoms with Crippen LogP contribution in [0.5, 0.6) is 0 Å². The third-order valence-electron chi connectivity index (χ3n) is 2.16. The van der Waals surface area contributed by atoms with Crippen molar-refractivity contribution < 1.29 is 13.2 Å². The molecule has 0 atom stereocenters. The summed E-state index contributed by atoms with van der Waals surface area (Å²) in [6.45, 7) is 0. The van der Waals surface area contributed by atoms with Crippen LogP contribution in [0, 0.1) is 0 Å². The smallest absolute Gasteiger partial charge is 0.166 e. The number of alkyl halides is 3. The monoisotopic (exact) mass is 230 g/mol. The van der Waals surface area contributed by atoms with Crippen LogP contribution in [0.2, 0.25) is 5.02 Å². The highest BCUT2D eigenvalue weighted by atomic mass is 35.5. The van der Waals surface area contributed by atoms with Crippen molar-refractivity contribution in [2.75, 3.05) is 0 Å². The second kappa shape index (κ2) is 3.42. The molecule has 0 radical (unpaired) electrons. The molecule has 2 rings (SSSR count). The lowest BCUT2D eigenvalue weighted by Crippen LogP contribution is -2.04. The van der Waals surface area contributed by atoms with Crippen LogP contribution < -0.4 is 0 Å². The lowest BCUT2D eigenvalue weighted by Gasteiger charge is -2.08. The minimum Gasteiger partial charge on any atom is -0.166 e. The highest BCUT2D eigenvalue weighted by molar-refractivity contribution is 6.35. The van der Waals surface area contributed by atoms with Crippen LogP contribution in [0.1, 0.15) is 5.56 Å². The molecule has 0 aliphatic heterocycles. The normalized spacial score (nSPS) is 12.0. The predicted molar refractivity (Wildman–Crippen MR) is 54.0 cm³/mol. The van der Waals surface area contributed by atoms with Gasteiger partial charge < -0.3 is 0 Å². The van der Waals surface area contributed by atoms with Crippen molar-refractivity contribution in [3.63, 3.8) is 0 Å². The van der Waals surface area contributed by atoms with Crippen molar-refractivity contribution in [2.45, 2.75) is 6.18 Å². The highest BCUT2D eigenvalue weighted by Gasteiger charge is 2.30. The maximum absolute atomic E-state index is 12.4. The Hall–Kier alpha value is -1.22. The first-order valence-electron chi connectivity index (χ1n) is 4.24. The molecular formula is C11H6ClF3. The van der Waals surface area contributed by atoms with E-state index in [1.165, 1.54) is 6.07 Å². The van der Waals surface area contributed by atoms with Crippen molar-refractivity contribution in [3.8, 4) is 0 Å². The summed E-state index contributed by atoms with van der Waals surface area (Å²) in [6, 6.07) is 8.55. The number of halogens is 4. The molecule has 0 aliphatic rings. The van der Waals surface area contributed by atoms with Crippen molar-refractivity contribution in [2.24, 2.45) is 0 Å². The van der Waals surface area contributed by atoms with Crippen LogP contribution in [0.25, 0.3) is 10.8 Å². The summed E-state index contributed by atoms with van der Waals surface area (Å²) >= 11 is 5.81. The van der Waals surface area contributed by atoms with Crippen molar-refractivity contribution in [3.05, 3.63) is 47.0 Å². The van der Waals surface area contributed by atoms with E-state index in [4.69, 9.17) is 11.6 Å². The third kappa shape index (κ3) is 1.92. The first kappa shape index (κ1) is 10.3. The third-order valence-corrected chi connectivity index (χ3v) is 2.49. The minimum absolute atomic E-state index is 0.332. The molecule has 0 saturated carbocycles. The topological polar surface area (TPSA) is 0 Å². The Morgan fingerprint density at radius 2 is 1.73 bits per heavy atom. The molecule has 0 nitrogen and oxygen atoms in total. The summed E-state index contributed by atoms with van der Waals surface area (Å²) in [5, 5.41) is 1.46. The van der Waals surface area contributed by atoms with Gasteiger partial charge in [0.1, 0.15) is 0 Å². The Morgan fingerprint density at radius 1 is 1.00 bits per heavy atom. The van der Waals surface area contributed by atoms with Crippen LogP contribution in [-0.4, -0.2) is 0 Å². The number of hydrogen-bond acceptors (Lipinski definition) is 0. The SMILES string of the molecule is FC(F)(F)c1ccc2cccc(Cl)c2c1. The second-order valence-corrected chi connectivity index (χ2v) is 3.58. The van der Waals surface area contributed by atoms with E-state index in [0.29, 0.717) is 15.8 Å². The Morgan fingerprint density at radius 3 is 2.40 bits per heavy atom. The quantitative estimate of drug-likeness (QED) is 0.625. The standard InChI is InChI=1S/C11H6ClF3/c12-10-3-1-2-7-4-5-8(6-9(7)10)11(13,14)15/h1-6H. The molecule has 0 N–H and O–H groups in total. The van der Waals surface area contributed by atoms with Gasteiger partial charge in [0.25, 0.3) is 0 Å². The van der Waals surface area contributed by atoms with Gasteiger partial charge in [0.05, 0.1) is 5.56 Å². The van der Waals surface area contributed by atoms with Gasteiger partial charge in [0.15, 0.2) is 0 Å². The van der Waals surface area contributed by atoms with Gasteiger partial charge in [-0.2, -0.15) is 13.2 Å². The lowest BCUT2D eigenvalue weighted by molar-refractivity contribution is -0.137. The van der Waals surface area contributed by atoms with Gasteiger partial charge in [-0.25, -0.2) is 0 Å². The Balaban J connectivity index is 2.70. The molecule has 0 amide bonds. The summed E-state index contributed by atoms with van der Waals surface area (Å²) in [7, 11) is 0. The Bertz CT molecular complexity index is 503. The molecule has 0 aliphatic carbocycles. The van der Waals surface area contributed by atoms with Gasteiger partial charge >= 0.3 is 6.18 Å². The zero-order valence-corrected chi connectivity index (χ0v) is 8.23. The number of benzene rings is 2. The molecule has 0 spiro atoms. The molecule has 0 bridgehead atoms. The zero-order chi connectivity index (χ0) is 11.1. The molecule has 0 aromatic heterocycles. The second-order valence-electron chi connectivity index (χ2n) is 3.17. The van der Waals surface area contributed by atoms with E-state index in [2.05, 4.69) is 0 Å². The lowest BCUT2D eigenvalue weighted by atomic mass is 10.1. The maximum Gasteiger partial charge on any atom is 0.416 e. The van der Waals surface area contributed by atoms with Gasteiger partial charge in [-0.1, -0.05) is 29.8 Å². The van der Waals surface area contributed by atoms with Crippen LogP contribution in [0.15, 0.2) is 36.4 Å². The molecule has 2 aromatic rings. The summed E-state index contributed by atoms with van der Waals surface area (Å²) in [6.07, 6.45) is -4.33. The highest BCUT2D eigenvalue weighted by Crippen LogP contribution is 2.33. The van der Waals surface area contributed by atoms with E-state index >= 15 is 0 Å². The number of rotatable bonds is 0. The van der Waals surface area contributed by atoms with Crippen LogP contribution >= 0.6 is 11.6 Å². The fourth-order valence-corrected chi connectivity index (χ4v) is 1.65. The summed E-state index contributed by atoms with van der Waals surface area (Å²) in [4.78, 5) is 0. The largest absolute Gasteiger partial charge is 0.416 e. The van der Waals surface area contributed by atoms with Crippen LogP contribution in [0.4, 0.5) is 13.2 Å². The number of hydrogen-bond donors (Lipinski definition) is 0. The predicted octanol–water partition coefficient (Wildman–Crippen LogP) is 4.51. The molecule has 0 fully saturated rings. The fourth-order valence-electron chi connectivity index (χ4n) is 1.41. The molecule has 78 valence electrons. The van der Waals surface area contributed by atoms with E-state index in [9.17, 15) is 13.2 Å². The van der Waals surface area contributed by atoms with E-state index in [1.54, 1.807) is 18.2 Å². The first-order valence-corrected chi connectivity index (χ1v) is 4.62. The van der Waals surface area contributed by atoms with Gasteiger partial charge in [-0.05, 0) is 23.6 Å². The van der Waals surface area contributed by atoms with Gasteiger partial charge in [-0.15, -0.1) is 0 Å². The average Bonchev–Trinajstić information content (AvgIpc) is 2.16. The van der Waals surface area contributed by atoms with Gasteiger partial charge in [0, 0.05) is 10.4 Å². The first-order chi connectivity index (χ1) is 6.98. The molecule has 2 aromatic carbocycles. The fraction of sp³-hybridized carbons (Fsp3) is 0.0909. The van der Waals surface area contributed by atoms with Crippen molar-refractivity contribution >= 4 is 22.4 Å². The molecule has 0 heterocycles. The number of fused-ring (bicyclic) bond motifs is 1. The molecule has 15 heavy (non-hydrogen) atoms. The minimum atomic E-state index is -4.33. The maximum atomic E-state index is 12.4. The van der Waals surface area contributed by atoms with Crippen LogP contribution in [0.3, 0.4) is 0 Å². The van der Waals surface area contributed by atoms with E-state index < -0.39 is 11.7 Å². The summed E-state index contributed by atoms with van der Waals surface area (Å²) < 4.78 is 37.2. The molecule has 4 heteroatoms. The van der Waals surface area contributed by atoms with E-state index in [1.807, 2.05) is 0 Å². The van der Waals surface area contributed by atoms with E-state index in [-0.39, 0.29) is 0 Å². The van der Waals surface area contributed by atoms with Crippen LogP contribution in [-0.2, 0) is 6.18 Å². The Labute approximate surface area is 89.3 Å². The van der Waals surface area contributed by atoms with Gasteiger partial charge in [0.2, 0.25) is 0 Å². The van der Waals surface area contributed by atoms with E-state index in [0.717, 1.165) is 12.1 Å². The summed E-state index contributed by atoms with van der Waals surface area (Å²) in [5.41, 5.74) is -0.678. The van der Waals surface area contributed by atoms with Crippen molar-refractivity contribution in [1.29, 1.82) is 0 Å². The van der Waals surface area contributed by atoms with Crippen molar-refractivity contribution in [1.82, 2.24) is 0 Å². The molecule has 0 unspecified atom stereocenters. The molecule has 0 saturated heterocycles. The zero-order valence-electron chi connectivity index (χ0n) is 7.48. The summed E-state index contributed by atoms with van der Waals surface area (Å²) in [5.74, 6) is 0. The Kier molecular flexibility index (Phi) is 2.35. The molecular weight excluding hydrogens is 225 g/mol.